The van der Waals surface area contributed by atoms with Gasteiger partial charge in [0.25, 0.3) is 0 Å². The maximum Gasteiger partial charge on any atom is 0.224 e. The summed E-state index contributed by atoms with van der Waals surface area (Å²) in [6.45, 7) is 0.528. The summed E-state index contributed by atoms with van der Waals surface area (Å²) in [6.07, 6.45) is -0.0665. The van der Waals surface area contributed by atoms with Crippen LogP contribution < -0.4 is 5.32 Å². The van der Waals surface area contributed by atoms with Crippen LogP contribution in [0.15, 0.2) is 29.2 Å². The molecule has 0 unspecified atom stereocenters. The van der Waals surface area contributed by atoms with Crippen LogP contribution in [0.5, 0.6) is 0 Å². The summed E-state index contributed by atoms with van der Waals surface area (Å²) in [5, 5.41) is 12.5. The number of ether oxygens (including phenoxy) is 2. The van der Waals surface area contributed by atoms with Crippen molar-refractivity contribution < 1.29 is 27.8 Å². The molecular formula is C15H19NO6S. The van der Waals surface area contributed by atoms with Gasteiger partial charge in [0, 0.05) is 6.26 Å². The van der Waals surface area contributed by atoms with Gasteiger partial charge >= 0.3 is 0 Å². The second-order valence-corrected chi connectivity index (χ2v) is 7.95. The fraction of sp³-hybridized carbons (Fsp3) is 0.533. The molecule has 2 aliphatic heterocycles. The van der Waals surface area contributed by atoms with Crippen molar-refractivity contribution in [3.8, 4) is 0 Å². The molecule has 2 N–H and O–H groups in total. The zero-order valence-electron chi connectivity index (χ0n) is 12.6. The Morgan fingerprint density at radius 3 is 2.52 bits per heavy atom. The minimum atomic E-state index is -3.24. The van der Waals surface area contributed by atoms with Crippen LogP contribution in [0, 0.1) is 0 Å². The second kappa shape index (κ2) is 6.20. The highest BCUT2D eigenvalue weighted by Crippen LogP contribution is 2.27. The van der Waals surface area contributed by atoms with Crippen LogP contribution in [0.25, 0.3) is 0 Å². The molecule has 1 aromatic carbocycles. The molecule has 0 spiro atoms. The van der Waals surface area contributed by atoms with Gasteiger partial charge in [0.05, 0.1) is 30.6 Å². The lowest BCUT2D eigenvalue weighted by Gasteiger charge is -2.17. The molecule has 1 aromatic rings. The van der Waals surface area contributed by atoms with Gasteiger partial charge in [0.15, 0.2) is 9.84 Å². The Labute approximate surface area is 134 Å². The highest BCUT2D eigenvalue weighted by molar-refractivity contribution is 7.90. The molecule has 8 heteroatoms. The van der Waals surface area contributed by atoms with E-state index in [1.54, 1.807) is 12.1 Å². The van der Waals surface area contributed by atoms with Crippen LogP contribution in [0.4, 0.5) is 0 Å². The monoisotopic (exact) mass is 341 g/mol. The summed E-state index contributed by atoms with van der Waals surface area (Å²) in [7, 11) is -3.24. The summed E-state index contributed by atoms with van der Waals surface area (Å²) < 4.78 is 33.7. The van der Waals surface area contributed by atoms with E-state index in [-0.39, 0.29) is 42.1 Å². The molecule has 2 fully saturated rings. The standard InChI is InChI=1S/C15H19NO6S/c1-23(19,20)10-4-2-9(3-5-10)6-13(18)16-11-7-21-15-12(17)8-22-14(11)15/h2-5,11-12,14-15,17H,6-8H2,1H3,(H,16,18)/t11-,12-,14-,15-/m1/s1. The van der Waals surface area contributed by atoms with Crippen LogP contribution >= 0.6 is 0 Å². The quantitative estimate of drug-likeness (QED) is 0.749. The summed E-state index contributed by atoms with van der Waals surface area (Å²) in [5.41, 5.74) is 0.720. The third kappa shape index (κ3) is 3.55. The molecule has 4 atom stereocenters. The molecule has 0 radical (unpaired) electrons. The van der Waals surface area contributed by atoms with E-state index in [1.165, 1.54) is 12.1 Å². The Morgan fingerprint density at radius 1 is 1.22 bits per heavy atom. The van der Waals surface area contributed by atoms with Crippen LogP contribution in [0.2, 0.25) is 0 Å². The Balaban J connectivity index is 1.58. The molecule has 7 nitrogen and oxygen atoms in total. The number of hydrogen-bond acceptors (Lipinski definition) is 6. The van der Waals surface area contributed by atoms with E-state index in [0.29, 0.717) is 6.61 Å². The van der Waals surface area contributed by atoms with E-state index in [0.717, 1.165) is 11.8 Å². The zero-order valence-corrected chi connectivity index (χ0v) is 13.5. The molecule has 0 aromatic heterocycles. The summed E-state index contributed by atoms with van der Waals surface area (Å²) in [4.78, 5) is 12.3. The number of carbonyl (C=O) groups excluding carboxylic acids is 1. The first-order valence-electron chi connectivity index (χ1n) is 7.34. The first-order valence-corrected chi connectivity index (χ1v) is 9.23. The van der Waals surface area contributed by atoms with E-state index in [2.05, 4.69) is 5.32 Å². The lowest BCUT2D eigenvalue weighted by atomic mass is 10.1. The molecule has 0 bridgehead atoms. The van der Waals surface area contributed by atoms with Crippen LogP contribution in [-0.4, -0.2) is 63.3 Å². The molecular weight excluding hydrogens is 322 g/mol. The number of benzene rings is 1. The Bertz CT molecular complexity index is 686. The number of aliphatic hydroxyl groups excluding tert-OH is 1. The van der Waals surface area contributed by atoms with Crippen LogP contribution in [0.1, 0.15) is 5.56 Å². The molecule has 126 valence electrons. The highest BCUT2D eigenvalue weighted by Gasteiger charge is 2.47. The minimum absolute atomic E-state index is 0.139. The largest absolute Gasteiger partial charge is 0.388 e. The topological polar surface area (TPSA) is 102 Å². The molecule has 23 heavy (non-hydrogen) atoms. The smallest absolute Gasteiger partial charge is 0.224 e. The zero-order chi connectivity index (χ0) is 16.6. The van der Waals surface area contributed by atoms with Crippen molar-refractivity contribution >= 4 is 15.7 Å². The number of nitrogens with one attached hydrogen (secondary N) is 1. The van der Waals surface area contributed by atoms with E-state index < -0.39 is 15.9 Å². The van der Waals surface area contributed by atoms with Gasteiger partial charge in [-0.1, -0.05) is 12.1 Å². The average Bonchev–Trinajstić information content (AvgIpc) is 3.03. The fourth-order valence-electron chi connectivity index (χ4n) is 2.90. The maximum absolute atomic E-state index is 12.1. The van der Waals surface area contributed by atoms with E-state index >= 15 is 0 Å². The fourth-order valence-corrected chi connectivity index (χ4v) is 3.53. The van der Waals surface area contributed by atoms with E-state index in [1.807, 2.05) is 0 Å². The lowest BCUT2D eigenvalue weighted by Crippen LogP contribution is -2.44. The van der Waals surface area contributed by atoms with Gasteiger partial charge in [-0.2, -0.15) is 0 Å². The first-order chi connectivity index (χ1) is 10.8. The van der Waals surface area contributed by atoms with Crippen molar-refractivity contribution in [3.63, 3.8) is 0 Å². The van der Waals surface area contributed by atoms with Gasteiger partial charge < -0.3 is 19.9 Å². The summed E-state index contributed by atoms with van der Waals surface area (Å²) in [5.74, 6) is -0.198. The SMILES string of the molecule is CS(=O)(=O)c1ccc(CC(=O)N[C@@H]2CO[C@H]3[C@@H]2OC[C@H]3O)cc1. The lowest BCUT2D eigenvalue weighted by molar-refractivity contribution is -0.121. The summed E-state index contributed by atoms with van der Waals surface area (Å²) in [6, 6.07) is 5.95. The first kappa shape index (κ1) is 16.4. The molecule has 1 amide bonds. The molecule has 0 saturated carbocycles. The van der Waals surface area contributed by atoms with Crippen molar-refractivity contribution in [1.29, 1.82) is 0 Å². The van der Waals surface area contributed by atoms with Crippen molar-refractivity contribution in [3.05, 3.63) is 29.8 Å². The van der Waals surface area contributed by atoms with Crippen molar-refractivity contribution in [2.45, 2.75) is 35.7 Å². The van der Waals surface area contributed by atoms with Crippen LogP contribution in [-0.2, 0) is 30.5 Å². The normalized spacial score (nSPS) is 30.2. The number of hydrogen-bond donors (Lipinski definition) is 2. The minimum Gasteiger partial charge on any atom is -0.388 e. The molecule has 0 aliphatic carbocycles. The Morgan fingerprint density at radius 2 is 1.87 bits per heavy atom. The number of sulfone groups is 1. The maximum atomic E-state index is 12.1. The van der Waals surface area contributed by atoms with E-state index in [4.69, 9.17) is 9.47 Å². The summed E-state index contributed by atoms with van der Waals surface area (Å²) >= 11 is 0. The van der Waals surface area contributed by atoms with Gasteiger partial charge in [-0.3, -0.25) is 4.79 Å². The Kier molecular flexibility index (Phi) is 4.41. The van der Waals surface area contributed by atoms with Gasteiger partial charge in [-0.15, -0.1) is 0 Å². The highest BCUT2D eigenvalue weighted by atomic mass is 32.2. The van der Waals surface area contributed by atoms with Gasteiger partial charge in [0.1, 0.15) is 18.3 Å². The number of aliphatic hydroxyl groups is 1. The van der Waals surface area contributed by atoms with Crippen molar-refractivity contribution in [2.75, 3.05) is 19.5 Å². The predicted octanol–water partition coefficient (Wildman–Crippen LogP) is -0.724. The molecule has 2 saturated heterocycles. The van der Waals surface area contributed by atoms with Crippen molar-refractivity contribution in [1.82, 2.24) is 5.32 Å². The third-order valence-electron chi connectivity index (χ3n) is 4.09. The van der Waals surface area contributed by atoms with E-state index in [9.17, 15) is 18.3 Å². The van der Waals surface area contributed by atoms with Gasteiger partial charge in [-0.25, -0.2) is 8.42 Å². The molecule has 2 heterocycles. The van der Waals surface area contributed by atoms with Gasteiger partial charge in [-0.05, 0) is 17.7 Å². The van der Waals surface area contributed by atoms with Gasteiger partial charge in [0.2, 0.25) is 5.91 Å². The number of rotatable bonds is 4. The molecule has 2 aliphatic rings. The second-order valence-electron chi connectivity index (χ2n) is 5.93. The molecule has 3 rings (SSSR count). The predicted molar refractivity (Wildman–Crippen MR) is 80.7 cm³/mol. The number of fused-ring (bicyclic) bond motifs is 1. The average molecular weight is 341 g/mol. The number of carbonyl (C=O) groups is 1. The van der Waals surface area contributed by atoms with Crippen LogP contribution in [0.3, 0.4) is 0 Å². The Hall–Kier alpha value is -1.48. The van der Waals surface area contributed by atoms with Crippen molar-refractivity contribution in [2.24, 2.45) is 0 Å². The third-order valence-corrected chi connectivity index (χ3v) is 5.22. The number of amides is 1.